The van der Waals surface area contributed by atoms with E-state index >= 15 is 0 Å². The van der Waals surface area contributed by atoms with E-state index in [-0.39, 0.29) is 11.1 Å². The monoisotopic (exact) mass is 284 g/mol. The normalized spacial score (nSPS) is 14.1. The molecule has 2 rings (SSSR count). The molecular weight excluding hydrogens is 272 g/mol. The van der Waals surface area contributed by atoms with Crippen molar-refractivity contribution in [2.24, 2.45) is 0 Å². The summed E-state index contributed by atoms with van der Waals surface area (Å²) in [7, 11) is 0. The molecule has 2 aromatic rings. The Kier molecular flexibility index (Phi) is 3.81. The second kappa shape index (κ2) is 5.25. The van der Waals surface area contributed by atoms with Gasteiger partial charge in [0.1, 0.15) is 11.6 Å². The standard InChI is InChI=1S/C15H12F4O/c1-15(20,10-4-2-7-13(18)14(10)19)8-9-11(16)5-3-6-12(9)17/h2-7,20H,8H2,1H3. The van der Waals surface area contributed by atoms with Crippen LogP contribution in [0.15, 0.2) is 36.4 Å². The van der Waals surface area contributed by atoms with E-state index in [1.807, 2.05) is 0 Å². The number of halogens is 4. The van der Waals surface area contributed by atoms with Gasteiger partial charge in [-0.25, -0.2) is 17.6 Å². The number of benzene rings is 2. The summed E-state index contributed by atoms with van der Waals surface area (Å²) >= 11 is 0. The maximum Gasteiger partial charge on any atom is 0.164 e. The Morgan fingerprint density at radius 2 is 1.40 bits per heavy atom. The topological polar surface area (TPSA) is 20.2 Å². The minimum absolute atomic E-state index is 0.347. The second-order valence-corrected chi connectivity index (χ2v) is 4.75. The molecule has 20 heavy (non-hydrogen) atoms. The summed E-state index contributed by atoms with van der Waals surface area (Å²) in [6, 6.07) is 6.56. The molecule has 0 fully saturated rings. The lowest BCUT2D eigenvalue weighted by Gasteiger charge is -2.25. The number of hydrogen-bond donors (Lipinski definition) is 1. The van der Waals surface area contributed by atoms with Gasteiger partial charge in [0.05, 0.1) is 5.60 Å². The molecule has 106 valence electrons. The van der Waals surface area contributed by atoms with Crippen LogP contribution in [0.25, 0.3) is 0 Å². The lowest BCUT2D eigenvalue weighted by Crippen LogP contribution is -2.27. The molecule has 1 nitrogen and oxygen atoms in total. The Balaban J connectivity index is 2.43. The van der Waals surface area contributed by atoms with Gasteiger partial charge < -0.3 is 5.11 Å². The molecule has 0 bridgehead atoms. The molecule has 0 saturated heterocycles. The van der Waals surface area contributed by atoms with Crippen molar-refractivity contribution in [2.75, 3.05) is 0 Å². The molecule has 0 aromatic heterocycles. The number of hydrogen-bond acceptors (Lipinski definition) is 1. The van der Waals surface area contributed by atoms with Crippen molar-refractivity contribution in [1.82, 2.24) is 0 Å². The zero-order valence-electron chi connectivity index (χ0n) is 10.6. The largest absolute Gasteiger partial charge is 0.385 e. The van der Waals surface area contributed by atoms with Crippen LogP contribution >= 0.6 is 0 Å². The summed E-state index contributed by atoms with van der Waals surface area (Å²) in [4.78, 5) is 0. The average Bonchev–Trinajstić information content (AvgIpc) is 2.37. The third kappa shape index (κ3) is 2.67. The minimum atomic E-state index is -1.94. The Morgan fingerprint density at radius 1 is 0.900 bits per heavy atom. The van der Waals surface area contributed by atoms with Crippen molar-refractivity contribution in [2.45, 2.75) is 18.9 Å². The van der Waals surface area contributed by atoms with Gasteiger partial charge in [-0.1, -0.05) is 18.2 Å². The fraction of sp³-hybridized carbons (Fsp3) is 0.200. The van der Waals surface area contributed by atoms with Crippen molar-refractivity contribution in [3.8, 4) is 0 Å². The fourth-order valence-corrected chi connectivity index (χ4v) is 2.06. The van der Waals surface area contributed by atoms with Crippen molar-refractivity contribution in [3.05, 3.63) is 70.8 Å². The van der Waals surface area contributed by atoms with Crippen LogP contribution in [0.1, 0.15) is 18.1 Å². The van der Waals surface area contributed by atoms with Crippen LogP contribution in [0, 0.1) is 23.3 Å². The smallest absolute Gasteiger partial charge is 0.164 e. The minimum Gasteiger partial charge on any atom is -0.385 e. The van der Waals surface area contributed by atoms with Gasteiger partial charge in [0, 0.05) is 17.5 Å². The molecule has 1 N–H and O–H groups in total. The van der Waals surface area contributed by atoms with Crippen LogP contribution in [0.5, 0.6) is 0 Å². The molecule has 2 aromatic carbocycles. The molecule has 0 aliphatic rings. The summed E-state index contributed by atoms with van der Waals surface area (Å²) in [5.41, 5.74) is -2.66. The average molecular weight is 284 g/mol. The number of aliphatic hydroxyl groups is 1. The highest BCUT2D eigenvalue weighted by Crippen LogP contribution is 2.30. The molecule has 5 heteroatoms. The molecule has 0 aliphatic heterocycles. The Bertz CT molecular complexity index is 618. The molecule has 0 aliphatic carbocycles. The fourth-order valence-electron chi connectivity index (χ4n) is 2.06. The van der Waals surface area contributed by atoms with Crippen LogP contribution in [-0.2, 0) is 12.0 Å². The first-order valence-electron chi connectivity index (χ1n) is 5.92. The van der Waals surface area contributed by atoms with Gasteiger partial charge >= 0.3 is 0 Å². The zero-order chi connectivity index (χ0) is 14.9. The van der Waals surface area contributed by atoms with Gasteiger partial charge in [-0.2, -0.15) is 0 Å². The van der Waals surface area contributed by atoms with E-state index in [2.05, 4.69) is 0 Å². The van der Waals surface area contributed by atoms with Gasteiger partial charge in [-0.3, -0.25) is 0 Å². The SMILES string of the molecule is CC(O)(Cc1c(F)cccc1F)c1cccc(F)c1F. The van der Waals surface area contributed by atoms with E-state index in [1.54, 1.807) is 0 Å². The molecule has 1 atom stereocenters. The van der Waals surface area contributed by atoms with Crippen LogP contribution in [0.2, 0.25) is 0 Å². The molecule has 0 saturated carbocycles. The molecule has 0 heterocycles. The Labute approximate surface area is 113 Å². The lowest BCUT2D eigenvalue weighted by molar-refractivity contribution is 0.0511. The summed E-state index contributed by atoms with van der Waals surface area (Å²) < 4.78 is 54.0. The zero-order valence-corrected chi connectivity index (χ0v) is 10.6. The van der Waals surface area contributed by atoms with Crippen LogP contribution in [-0.4, -0.2) is 5.11 Å². The summed E-state index contributed by atoms with van der Waals surface area (Å²) in [5, 5.41) is 10.3. The van der Waals surface area contributed by atoms with Crippen LogP contribution < -0.4 is 0 Å². The lowest BCUT2D eigenvalue weighted by atomic mass is 9.88. The van der Waals surface area contributed by atoms with E-state index in [9.17, 15) is 22.7 Å². The predicted octanol–water partition coefficient (Wildman–Crippen LogP) is 3.69. The molecular formula is C15H12F4O. The summed E-state index contributed by atoms with van der Waals surface area (Å²) in [6.45, 7) is 1.18. The first kappa shape index (κ1) is 14.5. The summed E-state index contributed by atoms with van der Waals surface area (Å²) in [5.74, 6) is -4.05. The molecule has 0 radical (unpaired) electrons. The van der Waals surface area contributed by atoms with Gasteiger partial charge in [0.25, 0.3) is 0 Å². The van der Waals surface area contributed by atoms with Crippen molar-refractivity contribution >= 4 is 0 Å². The maximum absolute atomic E-state index is 13.7. The predicted molar refractivity (Wildman–Crippen MR) is 66.0 cm³/mol. The van der Waals surface area contributed by atoms with E-state index in [0.29, 0.717) is 0 Å². The number of rotatable bonds is 3. The highest BCUT2D eigenvalue weighted by molar-refractivity contribution is 5.29. The first-order valence-corrected chi connectivity index (χ1v) is 5.92. The van der Waals surface area contributed by atoms with Crippen LogP contribution in [0.4, 0.5) is 17.6 Å². The van der Waals surface area contributed by atoms with Crippen LogP contribution in [0.3, 0.4) is 0 Å². The molecule has 0 spiro atoms. The quantitative estimate of drug-likeness (QED) is 0.852. The Hall–Kier alpha value is -1.88. The molecule has 1 unspecified atom stereocenters. The van der Waals surface area contributed by atoms with Crippen molar-refractivity contribution in [1.29, 1.82) is 0 Å². The second-order valence-electron chi connectivity index (χ2n) is 4.75. The van der Waals surface area contributed by atoms with E-state index < -0.39 is 35.3 Å². The highest BCUT2D eigenvalue weighted by Gasteiger charge is 2.30. The Morgan fingerprint density at radius 3 is 2.00 bits per heavy atom. The van der Waals surface area contributed by atoms with E-state index in [1.165, 1.54) is 25.1 Å². The van der Waals surface area contributed by atoms with Gasteiger partial charge in [0.15, 0.2) is 11.6 Å². The van der Waals surface area contributed by atoms with Gasteiger partial charge in [-0.05, 0) is 25.1 Å². The molecule has 0 amide bonds. The first-order chi connectivity index (χ1) is 9.33. The van der Waals surface area contributed by atoms with E-state index in [4.69, 9.17) is 0 Å². The van der Waals surface area contributed by atoms with Gasteiger partial charge in [0.2, 0.25) is 0 Å². The van der Waals surface area contributed by atoms with Gasteiger partial charge in [-0.15, -0.1) is 0 Å². The highest BCUT2D eigenvalue weighted by atomic mass is 19.2. The van der Waals surface area contributed by atoms with E-state index in [0.717, 1.165) is 18.2 Å². The van der Waals surface area contributed by atoms with Crippen molar-refractivity contribution < 1.29 is 22.7 Å². The van der Waals surface area contributed by atoms with Crippen molar-refractivity contribution in [3.63, 3.8) is 0 Å². The third-order valence-electron chi connectivity index (χ3n) is 3.11. The third-order valence-corrected chi connectivity index (χ3v) is 3.11. The summed E-state index contributed by atoms with van der Waals surface area (Å²) in [6.07, 6.45) is -0.508. The maximum atomic E-state index is 13.7.